The summed E-state index contributed by atoms with van der Waals surface area (Å²) in [4.78, 5) is 36.7. The van der Waals surface area contributed by atoms with Crippen LogP contribution in [0, 0.1) is 17.8 Å². The van der Waals surface area contributed by atoms with Crippen molar-refractivity contribution in [3.05, 3.63) is 52.4 Å². The van der Waals surface area contributed by atoms with E-state index in [2.05, 4.69) is 15.1 Å². The molecule has 0 radical (unpaired) electrons. The van der Waals surface area contributed by atoms with Crippen molar-refractivity contribution in [2.75, 3.05) is 13.2 Å². The van der Waals surface area contributed by atoms with Crippen molar-refractivity contribution in [3.8, 4) is 11.4 Å². The fourth-order valence-electron chi connectivity index (χ4n) is 5.74. The lowest BCUT2D eigenvalue weighted by molar-refractivity contribution is -0.141. The second-order valence-corrected chi connectivity index (χ2v) is 9.86. The number of benzene rings is 1. The molecule has 9 heteroatoms. The van der Waals surface area contributed by atoms with Gasteiger partial charge in [-0.1, -0.05) is 36.8 Å². The van der Waals surface area contributed by atoms with E-state index in [-0.39, 0.29) is 42.7 Å². The minimum absolute atomic E-state index is 0.00248. The van der Waals surface area contributed by atoms with Gasteiger partial charge in [0, 0.05) is 24.1 Å². The van der Waals surface area contributed by atoms with Crippen molar-refractivity contribution in [1.82, 2.24) is 24.5 Å². The molecule has 2 N–H and O–H groups in total. The summed E-state index contributed by atoms with van der Waals surface area (Å²) in [7, 11) is 0. The van der Waals surface area contributed by atoms with Crippen LogP contribution in [0.5, 0.6) is 0 Å². The molecule has 2 aliphatic carbocycles. The highest BCUT2D eigenvalue weighted by Gasteiger charge is 2.54. The molecule has 2 saturated carbocycles. The van der Waals surface area contributed by atoms with E-state index < -0.39 is 0 Å². The Morgan fingerprint density at radius 3 is 2.85 bits per heavy atom. The monoisotopic (exact) mass is 463 g/mol. The largest absolute Gasteiger partial charge is 0.394 e. The zero-order chi connectivity index (χ0) is 23.2. The maximum Gasteiger partial charge on any atom is 0.274 e. The van der Waals surface area contributed by atoms with Gasteiger partial charge in [-0.3, -0.25) is 14.7 Å². The Bertz CT molecular complexity index is 1260. The number of amides is 1. The highest BCUT2D eigenvalue weighted by molar-refractivity contribution is 5.80. The molecular weight excluding hydrogens is 434 g/mol. The van der Waals surface area contributed by atoms with Crippen LogP contribution < -0.4 is 5.56 Å². The highest BCUT2D eigenvalue weighted by Crippen LogP contribution is 2.50. The molecule has 34 heavy (non-hydrogen) atoms. The summed E-state index contributed by atoms with van der Waals surface area (Å²) in [5.74, 6) is 2.07. The number of fused-ring (bicyclic) bond motifs is 2. The van der Waals surface area contributed by atoms with Crippen molar-refractivity contribution < 1.29 is 14.6 Å². The summed E-state index contributed by atoms with van der Waals surface area (Å²) in [6, 6.07) is 11.1. The highest BCUT2D eigenvalue weighted by atomic mass is 16.5. The summed E-state index contributed by atoms with van der Waals surface area (Å²) >= 11 is 0. The van der Waals surface area contributed by atoms with E-state index in [1.165, 1.54) is 10.6 Å². The molecule has 3 heterocycles. The van der Waals surface area contributed by atoms with Gasteiger partial charge in [-0.05, 0) is 37.5 Å². The van der Waals surface area contributed by atoms with E-state index in [9.17, 15) is 14.7 Å². The molecule has 5 atom stereocenters. The van der Waals surface area contributed by atoms with Crippen LogP contribution in [0.4, 0.5) is 0 Å². The zero-order valence-electron chi connectivity index (χ0n) is 19.0. The second kappa shape index (κ2) is 8.63. The van der Waals surface area contributed by atoms with E-state index in [1.54, 1.807) is 0 Å². The third kappa shape index (κ3) is 3.92. The van der Waals surface area contributed by atoms with Gasteiger partial charge in [0.1, 0.15) is 0 Å². The quantitative estimate of drug-likeness (QED) is 0.578. The summed E-state index contributed by atoms with van der Waals surface area (Å²) < 4.78 is 7.45. The van der Waals surface area contributed by atoms with Crippen molar-refractivity contribution >= 4 is 11.7 Å². The van der Waals surface area contributed by atoms with Crippen LogP contribution in [0.15, 0.2) is 41.2 Å². The van der Waals surface area contributed by atoms with Gasteiger partial charge in [-0.15, -0.1) is 0 Å². The standard InChI is InChI=1S/C25H29N5O4/c31-13-21-20-10-17(20)12-29(21)24(33)16-7-4-8-19(9-16)34-14-18-11-22(32)30-25(26-18)27-23(28-30)15-5-2-1-3-6-15/h1-3,5-6,11,16-17,19-21,31H,4,7-10,12-14H2,(H,26,27,28)/t16?,17-,19?,20-,21+/m0/s1. The van der Waals surface area contributed by atoms with E-state index in [4.69, 9.17) is 4.74 Å². The molecule has 0 bridgehead atoms. The van der Waals surface area contributed by atoms with Gasteiger partial charge in [-0.2, -0.15) is 9.50 Å². The fourth-order valence-corrected chi connectivity index (χ4v) is 5.74. The summed E-state index contributed by atoms with van der Waals surface area (Å²) in [6.07, 6.45) is 4.45. The van der Waals surface area contributed by atoms with Crippen LogP contribution >= 0.6 is 0 Å². The predicted octanol–water partition coefficient (Wildman–Crippen LogP) is 2.00. The minimum atomic E-state index is -0.238. The molecule has 3 aromatic rings. The van der Waals surface area contributed by atoms with Gasteiger partial charge in [0.2, 0.25) is 5.91 Å². The first kappa shape index (κ1) is 21.5. The average molecular weight is 464 g/mol. The van der Waals surface area contributed by atoms with E-state index >= 15 is 0 Å². The maximum atomic E-state index is 13.2. The van der Waals surface area contributed by atoms with Gasteiger partial charge in [0.15, 0.2) is 5.82 Å². The molecule has 0 spiro atoms. The van der Waals surface area contributed by atoms with Crippen LogP contribution in [0.3, 0.4) is 0 Å². The Kier molecular flexibility index (Phi) is 5.45. The first-order valence-electron chi connectivity index (χ1n) is 12.2. The number of aliphatic hydroxyl groups is 1. The number of H-pyrrole nitrogens is 1. The molecule has 1 aromatic carbocycles. The van der Waals surface area contributed by atoms with Crippen LogP contribution in [0.2, 0.25) is 0 Å². The first-order valence-corrected chi connectivity index (χ1v) is 12.2. The fraction of sp³-hybridized carbons (Fsp3) is 0.520. The number of rotatable bonds is 6. The number of carbonyl (C=O) groups is 1. The molecule has 3 fully saturated rings. The average Bonchev–Trinajstić information content (AvgIpc) is 3.33. The maximum absolute atomic E-state index is 13.2. The number of likely N-dealkylation sites (tertiary alicyclic amines) is 1. The number of hydrogen-bond acceptors (Lipinski definition) is 6. The number of nitrogens with zero attached hydrogens (tertiary/aromatic N) is 4. The van der Waals surface area contributed by atoms with E-state index in [1.807, 2.05) is 35.2 Å². The Labute approximate surface area is 196 Å². The predicted molar refractivity (Wildman–Crippen MR) is 124 cm³/mol. The molecule has 2 aromatic heterocycles. The van der Waals surface area contributed by atoms with E-state index in [0.717, 1.165) is 37.8 Å². The minimum Gasteiger partial charge on any atom is -0.394 e. The molecule has 1 amide bonds. The SMILES string of the molecule is O=C(C1CCCC(OCc2cc(=O)n3[nH]c(-c4ccccc4)nc3n2)C1)N1C[C@@H]2C[C@@H]2[C@H]1CO. The molecule has 1 saturated heterocycles. The number of aromatic nitrogens is 4. The molecule has 6 rings (SSSR count). The van der Waals surface area contributed by atoms with Gasteiger partial charge in [0.25, 0.3) is 11.3 Å². The smallest absolute Gasteiger partial charge is 0.274 e. The number of piperidine rings is 1. The van der Waals surface area contributed by atoms with Crippen LogP contribution in [-0.2, 0) is 16.1 Å². The summed E-state index contributed by atoms with van der Waals surface area (Å²) in [5.41, 5.74) is 1.17. The van der Waals surface area contributed by atoms with Crippen LogP contribution in [-0.4, -0.2) is 60.8 Å². The van der Waals surface area contributed by atoms with Crippen LogP contribution in [0.1, 0.15) is 37.8 Å². The van der Waals surface area contributed by atoms with E-state index in [0.29, 0.717) is 35.6 Å². The van der Waals surface area contributed by atoms with Crippen molar-refractivity contribution in [2.45, 2.75) is 50.9 Å². The topological polar surface area (TPSA) is 113 Å². The molecule has 178 valence electrons. The molecule has 9 nitrogen and oxygen atoms in total. The Hall–Kier alpha value is -3.04. The zero-order valence-corrected chi connectivity index (χ0v) is 19.0. The normalized spacial score (nSPS) is 28.3. The number of carbonyl (C=O) groups excluding carboxylic acids is 1. The lowest BCUT2D eigenvalue weighted by Gasteiger charge is -2.34. The summed E-state index contributed by atoms with van der Waals surface area (Å²) in [6.45, 7) is 1.06. The first-order chi connectivity index (χ1) is 16.6. The van der Waals surface area contributed by atoms with Crippen molar-refractivity contribution in [1.29, 1.82) is 0 Å². The number of aromatic amines is 1. The lowest BCUT2D eigenvalue weighted by Crippen LogP contribution is -2.45. The number of nitrogens with one attached hydrogen (secondary N) is 1. The lowest BCUT2D eigenvalue weighted by atomic mass is 9.86. The Morgan fingerprint density at radius 1 is 1.18 bits per heavy atom. The second-order valence-electron chi connectivity index (χ2n) is 9.86. The number of ether oxygens (including phenoxy) is 1. The molecule has 3 aliphatic rings. The van der Waals surface area contributed by atoms with Crippen molar-refractivity contribution in [2.24, 2.45) is 17.8 Å². The van der Waals surface area contributed by atoms with Gasteiger partial charge in [0.05, 0.1) is 31.1 Å². The van der Waals surface area contributed by atoms with Gasteiger partial charge < -0.3 is 14.7 Å². The third-order valence-corrected chi connectivity index (χ3v) is 7.65. The van der Waals surface area contributed by atoms with Gasteiger partial charge >= 0.3 is 0 Å². The number of aliphatic hydroxyl groups excluding tert-OH is 1. The third-order valence-electron chi connectivity index (χ3n) is 7.65. The Balaban J connectivity index is 1.11. The molecule has 1 aliphatic heterocycles. The van der Waals surface area contributed by atoms with Crippen molar-refractivity contribution in [3.63, 3.8) is 0 Å². The molecule has 2 unspecified atom stereocenters. The summed E-state index contributed by atoms with van der Waals surface area (Å²) in [5, 5.41) is 12.7. The Morgan fingerprint density at radius 2 is 2.03 bits per heavy atom. The van der Waals surface area contributed by atoms with Crippen LogP contribution in [0.25, 0.3) is 17.2 Å². The van der Waals surface area contributed by atoms with Gasteiger partial charge in [-0.25, -0.2) is 4.98 Å². The molecular formula is C25H29N5O4. The number of hydrogen-bond donors (Lipinski definition) is 2.